The van der Waals surface area contributed by atoms with Crippen LogP contribution in [0.4, 0.5) is 0 Å². The first-order chi connectivity index (χ1) is 7.55. The fourth-order valence-electron chi connectivity index (χ4n) is 3.23. The van der Waals surface area contributed by atoms with Crippen molar-refractivity contribution in [2.45, 2.75) is 83.7 Å². The minimum Gasteiger partial charge on any atom is -0.350 e. The van der Waals surface area contributed by atoms with Crippen LogP contribution in [0, 0.1) is 5.92 Å². The quantitative estimate of drug-likeness (QED) is 0.711. The molecule has 0 radical (unpaired) electrons. The molecule has 2 unspecified atom stereocenters. The molecule has 1 aliphatic carbocycles. The van der Waals surface area contributed by atoms with Crippen molar-refractivity contribution >= 4 is 0 Å². The molecular weight excluding hydrogens is 200 g/mol. The molecule has 1 heterocycles. The normalized spacial score (nSPS) is 36.2. The van der Waals surface area contributed by atoms with Crippen molar-refractivity contribution in [2.75, 3.05) is 0 Å². The predicted octanol–water partition coefficient (Wildman–Crippen LogP) is 3.89. The third-order valence-corrected chi connectivity index (χ3v) is 3.86. The van der Waals surface area contributed by atoms with Crippen LogP contribution in [0.3, 0.4) is 0 Å². The van der Waals surface area contributed by atoms with Crippen LogP contribution in [0.5, 0.6) is 0 Å². The van der Waals surface area contributed by atoms with Crippen LogP contribution in [0.2, 0.25) is 0 Å². The SMILES string of the molecule is CC1CC(C)(C)OC(CC2CCCCC2)O1. The molecule has 1 saturated carbocycles. The van der Waals surface area contributed by atoms with E-state index in [0.717, 1.165) is 18.8 Å². The fraction of sp³-hybridized carbons (Fsp3) is 1.00. The van der Waals surface area contributed by atoms with Gasteiger partial charge in [0.2, 0.25) is 0 Å². The molecule has 1 aliphatic heterocycles. The van der Waals surface area contributed by atoms with Gasteiger partial charge in [-0.15, -0.1) is 0 Å². The average Bonchev–Trinajstić information content (AvgIpc) is 2.15. The summed E-state index contributed by atoms with van der Waals surface area (Å²) >= 11 is 0. The lowest BCUT2D eigenvalue weighted by molar-refractivity contribution is -0.274. The summed E-state index contributed by atoms with van der Waals surface area (Å²) in [4.78, 5) is 0. The van der Waals surface area contributed by atoms with Gasteiger partial charge in [0.05, 0.1) is 11.7 Å². The standard InChI is InChI=1S/C14H26O2/c1-11-10-14(2,3)16-13(15-11)9-12-7-5-4-6-8-12/h11-13H,4-10H2,1-3H3. The average molecular weight is 226 g/mol. The molecule has 0 aromatic carbocycles. The van der Waals surface area contributed by atoms with Crippen LogP contribution in [0.1, 0.15) is 65.7 Å². The second kappa shape index (κ2) is 5.05. The van der Waals surface area contributed by atoms with Gasteiger partial charge in [0.15, 0.2) is 6.29 Å². The van der Waals surface area contributed by atoms with Gasteiger partial charge in [-0.05, 0) is 26.7 Å². The number of hydrogen-bond acceptors (Lipinski definition) is 2. The minimum absolute atomic E-state index is 0.00298. The molecule has 2 nitrogen and oxygen atoms in total. The molecule has 94 valence electrons. The van der Waals surface area contributed by atoms with Crippen molar-refractivity contribution in [3.05, 3.63) is 0 Å². The van der Waals surface area contributed by atoms with Gasteiger partial charge in [-0.3, -0.25) is 0 Å². The molecule has 0 spiro atoms. The van der Waals surface area contributed by atoms with Crippen LogP contribution in [0.15, 0.2) is 0 Å². The van der Waals surface area contributed by atoms with Crippen molar-refractivity contribution in [3.63, 3.8) is 0 Å². The van der Waals surface area contributed by atoms with Gasteiger partial charge < -0.3 is 9.47 Å². The fourth-order valence-corrected chi connectivity index (χ4v) is 3.23. The molecular formula is C14H26O2. The summed E-state index contributed by atoms with van der Waals surface area (Å²) in [6, 6.07) is 0. The first kappa shape index (κ1) is 12.4. The highest BCUT2D eigenvalue weighted by molar-refractivity contribution is 4.79. The second-order valence-electron chi connectivity index (χ2n) is 6.20. The smallest absolute Gasteiger partial charge is 0.158 e. The molecule has 2 fully saturated rings. The van der Waals surface area contributed by atoms with E-state index in [1.807, 2.05) is 0 Å². The maximum atomic E-state index is 6.02. The maximum Gasteiger partial charge on any atom is 0.158 e. The highest BCUT2D eigenvalue weighted by Gasteiger charge is 2.34. The van der Waals surface area contributed by atoms with Crippen molar-refractivity contribution in [2.24, 2.45) is 5.92 Å². The third-order valence-electron chi connectivity index (χ3n) is 3.86. The molecule has 0 bridgehead atoms. The number of rotatable bonds is 2. The molecule has 0 amide bonds. The minimum atomic E-state index is -0.00298. The first-order valence-electron chi connectivity index (χ1n) is 6.88. The summed E-state index contributed by atoms with van der Waals surface area (Å²) in [5.41, 5.74) is -0.00298. The van der Waals surface area contributed by atoms with Gasteiger partial charge in [-0.1, -0.05) is 32.1 Å². The molecule has 0 aromatic heterocycles. The molecule has 0 aromatic rings. The number of ether oxygens (including phenoxy) is 2. The maximum absolute atomic E-state index is 6.02. The van der Waals surface area contributed by atoms with Gasteiger partial charge in [-0.2, -0.15) is 0 Å². The van der Waals surface area contributed by atoms with E-state index in [1.165, 1.54) is 32.1 Å². The van der Waals surface area contributed by atoms with Gasteiger partial charge in [0.25, 0.3) is 0 Å². The Morgan fingerprint density at radius 1 is 1.12 bits per heavy atom. The largest absolute Gasteiger partial charge is 0.350 e. The summed E-state index contributed by atoms with van der Waals surface area (Å²) in [5, 5.41) is 0. The van der Waals surface area contributed by atoms with Crippen LogP contribution >= 0.6 is 0 Å². The first-order valence-corrected chi connectivity index (χ1v) is 6.88. The van der Waals surface area contributed by atoms with Crippen molar-refractivity contribution < 1.29 is 9.47 Å². The van der Waals surface area contributed by atoms with E-state index < -0.39 is 0 Å². The summed E-state index contributed by atoms with van der Waals surface area (Å²) < 4.78 is 11.9. The molecule has 2 aliphatic rings. The van der Waals surface area contributed by atoms with Gasteiger partial charge in [0, 0.05) is 12.8 Å². The van der Waals surface area contributed by atoms with Gasteiger partial charge >= 0.3 is 0 Å². The van der Waals surface area contributed by atoms with Gasteiger partial charge in [0.1, 0.15) is 0 Å². The molecule has 2 rings (SSSR count). The third kappa shape index (κ3) is 3.46. The van der Waals surface area contributed by atoms with E-state index in [4.69, 9.17) is 9.47 Å². The van der Waals surface area contributed by atoms with E-state index in [1.54, 1.807) is 0 Å². The zero-order valence-corrected chi connectivity index (χ0v) is 11.0. The van der Waals surface area contributed by atoms with Crippen molar-refractivity contribution in [1.29, 1.82) is 0 Å². The van der Waals surface area contributed by atoms with E-state index in [-0.39, 0.29) is 11.9 Å². The lowest BCUT2D eigenvalue weighted by Crippen LogP contribution is -2.43. The predicted molar refractivity (Wildman–Crippen MR) is 65.3 cm³/mol. The van der Waals surface area contributed by atoms with E-state index in [9.17, 15) is 0 Å². The zero-order valence-electron chi connectivity index (χ0n) is 11.0. The van der Waals surface area contributed by atoms with E-state index >= 15 is 0 Å². The van der Waals surface area contributed by atoms with Crippen molar-refractivity contribution in [3.8, 4) is 0 Å². The van der Waals surface area contributed by atoms with Crippen molar-refractivity contribution in [1.82, 2.24) is 0 Å². The molecule has 1 saturated heterocycles. The Labute approximate surface area is 99.7 Å². The van der Waals surface area contributed by atoms with Crippen LogP contribution < -0.4 is 0 Å². The lowest BCUT2D eigenvalue weighted by atomic mass is 9.86. The second-order valence-corrected chi connectivity index (χ2v) is 6.20. The summed E-state index contributed by atoms with van der Waals surface area (Å²) in [6.45, 7) is 6.53. The summed E-state index contributed by atoms with van der Waals surface area (Å²) in [5.74, 6) is 0.833. The summed E-state index contributed by atoms with van der Waals surface area (Å²) in [6.07, 6.45) is 9.47. The highest BCUT2D eigenvalue weighted by Crippen LogP contribution is 2.34. The molecule has 2 heteroatoms. The topological polar surface area (TPSA) is 18.5 Å². The Morgan fingerprint density at radius 3 is 2.44 bits per heavy atom. The monoisotopic (exact) mass is 226 g/mol. The van der Waals surface area contributed by atoms with Crippen LogP contribution in [-0.2, 0) is 9.47 Å². The van der Waals surface area contributed by atoms with Crippen LogP contribution in [-0.4, -0.2) is 18.0 Å². The molecule has 0 N–H and O–H groups in total. The Hall–Kier alpha value is -0.0800. The Morgan fingerprint density at radius 2 is 1.81 bits per heavy atom. The van der Waals surface area contributed by atoms with E-state index in [0.29, 0.717) is 6.10 Å². The summed E-state index contributed by atoms with van der Waals surface area (Å²) in [7, 11) is 0. The van der Waals surface area contributed by atoms with Crippen LogP contribution in [0.25, 0.3) is 0 Å². The van der Waals surface area contributed by atoms with Gasteiger partial charge in [-0.25, -0.2) is 0 Å². The lowest BCUT2D eigenvalue weighted by Gasteiger charge is -2.41. The molecule has 2 atom stereocenters. The highest BCUT2D eigenvalue weighted by atomic mass is 16.7. The Bertz CT molecular complexity index is 219. The Balaban J connectivity index is 1.84. The molecule has 16 heavy (non-hydrogen) atoms. The zero-order chi connectivity index (χ0) is 11.6. The van der Waals surface area contributed by atoms with E-state index in [2.05, 4.69) is 20.8 Å². The Kier molecular flexibility index (Phi) is 3.91. The number of hydrogen-bond donors (Lipinski definition) is 0.